The predicted octanol–water partition coefficient (Wildman–Crippen LogP) is 2.38. The van der Waals surface area contributed by atoms with Crippen molar-refractivity contribution in [2.75, 3.05) is 6.61 Å². The van der Waals surface area contributed by atoms with Gasteiger partial charge in [0.1, 0.15) is 5.75 Å². The van der Waals surface area contributed by atoms with Gasteiger partial charge in [0.15, 0.2) is 0 Å². The maximum absolute atomic E-state index is 9.35. The Morgan fingerprint density at radius 3 is 3.07 bits per heavy atom. The lowest BCUT2D eigenvalue weighted by Gasteiger charge is -2.26. The molecule has 0 spiro atoms. The van der Waals surface area contributed by atoms with Gasteiger partial charge in [-0.05, 0) is 30.5 Å². The van der Waals surface area contributed by atoms with Crippen LogP contribution in [-0.4, -0.2) is 11.7 Å². The molecule has 1 aliphatic rings. The van der Waals surface area contributed by atoms with Gasteiger partial charge in [0.2, 0.25) is 0 Å². The first-order valence-electron chi connectivity index (χ1n) is 5.10. The van der Waals surface area contributed by atoms with E-state index in [2.05, 4.69) is 6.07 Å². The summed E-state index contributed by atoms with van der Waals surface area (Å²) < 4.78 is 5.59. The van der Waals surface area contributed by atoms with Gasteiger partial charge in [-0.15, -0.1) is 0 Å². The van der Waals surface area contributed by atoms with Crippen LogP contribution in [0.2, 0.25) is 0 Å². The number of rotatable bonds is 1. The van der Waals surface area contributed by atoms with Crippen LogP contribution < -0.4 is 0 Å². The van der Waals surface area contributed by atoms with E-state index in [-0.39, 0.29) is 17.8 Å². The van der Waals surface area contributed by atoms with Crippen LogP contribution in [0.25, 0.3) is 0 Å². The zero-order chi connectivity index (χ0) is 10.7. The number of nitriles is 1. The van der Waals surface area contributed by atoms with Gasteiger partial charge in [-0.3, -0.25) is 0 Å². The van der Waals surface area contributed by atoms with Gasteiger partial charge in [-0.2, -0.15) is 5.26 Å². The minimum absolute atomic E-state index is 0.0458. The summed E-state index contributed by atoms with van der Waals surface area (Å²) in [7, 11) is 0. The fourth-order valence-electron chi connectivity index (χ4n) is 1.87. The molecule has 0 amide bonds. The van der Waals surface area contributed by atoms with Crippen molar-refractivity contribution in [1.29, 1.82) is 5.26 Å². The van der Waals surface area contributed by atoms with E-state index in [1.807, 2.05) is 6.07 Å². The van der Waals surface area contributed by atoms with Crippen molar-refractivity contribution in [3.05, 3.63) is 29.8 Å². The topological polar surface area (TPSA) is 53.2 Å². The van der Waals surface area contributed by atoms with Crippen molar-refractivity contribution in [3.8, 4) is 11.8 Å². The van der Waals surface area contributed by atoms with E-state index < -0.39 is 0 Å². The summed E-state index contributed by atoms with van der Waals surface area (Å²) in [6.45, 7) is 0.624. The molecule has 0 radical (unpaired) electrons. The van der Waals surface area contributed by atoms with Crippen molar-refractivity contribution < 1.29 is 9.84 Å². The molecular weight excluding hydrogens is 190 g/mol. The molecule has 15 heavy (non-hydrogen) atoms. The van der Waals surface area contributed by atoms with Gasteiger partial charge in [0.05, 0.1) is 18.1 Å². The molecule has 1 saturated heterocycles. The van der Waals surface area contributed by atoms with E-state index in [1.165, 1.54) is 0 Å². The number of phenolic OH excluding ortho intramolecular Hbond substituents is 1. The van der Waals surface area contributed by atoms with E-state index in [1.54, 1.807) is 18.2 Å². The summed E-state index contributed by atoms with van der Waals surface area (Å²) in [5, 5.41) is 18.2. The smallest absolute Gasteiger partial charge is 0.115 e. The molecule has 0 aromatic heterocycles. The van der Waals surface area contributed by atoms with Crippen LogP contribution in [-0.2, 0) is 4.74 Å². The molecule has 0 bridgehead atoms. The second-order valence-corrected chi connectivity index (χ2v) is 3.80. The number of benzene rings is 1. The largest absolute Gasteiger partial charge is 0.508 e. The molecule has 0 saturated carbocycles. The molecule has 2 unspecified atom stereocenters. The van der Waals surface area contributed by atoms with E-state index in [4.69, 9.17) is 10.00 Å². The van der Waals surface area contributed by atoms with Crippen molar-refractivity contribution in [2.45, 2.75) is 18.9 Å². The summed E-state index contributed by atoms with van der Waals surface area (Å²) in [5.74, 6) is 0.321. The Balaban J connectivity index is 2.14. The lowest BCUT2D eigenvalue weighted by atomic mass is 9.93. The number of nitrogens with zero attached hydrogens (tertiary/aromatic N) is 1. The normalized spacial score (nSPS) is 25.8. The molecule has 1 aromatic carbocycles. The average Bonchev–Trinajstić information content (AvgIpc) is 2.29. The summed E-state index contributed by atoms with van der Waals surface area (Å²) in [6.07, 6.45) is 1.49. The number of aromatic hydroxyl groups is 1. The number of hydrogen-bond acceptors (Lipinski definition) is 3. The summed E-state index contributed by atoms with van der Waals surface area (Å²) in [6, 6.07) is 9.32. The van der Waals surface area contributed by atoms with Crippen LogP contribution in [0.4, 0.5) is 0 Å². The van der Waals surface area contributed by atoms with Crippen LogP contribution in [0.5, 0.6) is 5.75 Å². The standard InChI is InChI=1S/C12H13NO2/c13-8-9-4-5-15-12(6-9)10-2-1-3-11(14)7-10/h1-3,7,9,12,14H,4-6H2. The molecule has 2 atom stereocenters. The highest BCUT2D eigenvalue weighted by Crippen LogP contribution is 2.32. The Labute approximate surface area is 88.9 Å². The van der Waals surface area contributed by atoms with Crippen LogP contribution in [0.3, 0.4) is 0 Å². The Hall–Kier alpha value is -1.53. The summed E-state index contributed by atoms with van der Waals surface area (Å²) in [4.78, 5) is 0. The fourth-order valence-corrected chi connectivity index (χ4v) is 1.87. The molecule has 2 rings (SSSR count). The van der Waals surface area contributed by atoms with Gasteiger partial charge in [-0.25, -0.2) is 0 Å². The quantitative estimate of drug-likeness (QED) is 0.762. The lowest BCUT2D eigenvalue weighted by molar-refractivity contribution is 0.000607. The van der Waals surface area contributed by atoms with Crippen molar-refractivity contribution in [2.24, 2.45) is 5.92 Å². The van der Waals surface area contributed by atoms with Crippen molar-refractivity contribution in [1.82, 2.24) is 0 Å². The summed E-state index contributed by atoms with van der Waals surface area (Å²) in [5.41, 5.74) is 0.954. The van der Waals surface area contributed by atoms with Crippen molar-refractivity contribution >= 4 is 0 Å². The minimum Gasteiger partial charge on any atom is -0.508 e. The lowest BCUT2D eigenvalue weighted by Crippen LogP contribution is -2.18. The Morgan fingerprint density at radius 1 is 1.47 bits per heavy atom. The van der Waals surface area contributed by atoms with E-state index >= 15 is 0 Å². The number of phenols is 1. The maximum Gasteiger partial charge on any atom is 0.115 e. The number of ether oxygens (including phenoxy) is 1. The Morgan fingerprint density at radius 2 is 2.33 bits per heavy atom. The zero-order valence-electron chi connectivity index (χ0n) is 8.39. The number of hydrogen-bond donors (Lipinski definition) is 1. The first-order chi connectivity index (χ1) is 7.29. The average molecular weight is 203 g/mol. The fraction of sp³-hybridized carbons (Fsp3) is 0.417. The minimum atomic E-state index is -0.0458. The first kappa shape index (κ1) is 10.0. The molecule has 1 heterocycles. The molecule has 1 aromatic rings. The second-order valence-electron chi connectivity index (χ2n) is 3.80. The van der Waals surface area contributed by atoms with Crippen LogP contribution in [0, 0.1) is 17.2 Å². The maximum atomic E-state index is 9.35. The third-order valence-corrected chi connectivity index (χ3v) is 2.71. The molecule has 78 valence electrons. The van der Waals surface area contributed by atoms with Crippen LogP contribution >= 0.6 is 0 Å². The van der Waals surface area contributed by atoms with Gasteiger partial charge in [0.25, 0.3) is 0 Å². The molecule has 1 fully saturated rings. The molecule has 3 nitrogen and oxygen atoms in total. The van der Waals surface area contributed by atoms with Crippen LogP contribution in [0.15, 0.2) is 24.3 Å². The SMILES string of the molecule is N#CC1CCOC(c2cccc(O)c2)C1. The van der Waals surface area contributed by atoms with Gasteiger partial charge in [0, 0.05) is 6.61 Å². The molecule has 3 heteroatoms. The molecule has 1 N–H and O–H groups in total. The first-order valence-corrected chi connectivity index (χ1v) is 5.10. The third-order valence-electron chi connectivity index (χ3n) is 2.71. The van der Waals surface area contributed by atoms with E-state index in [0.29, 0.717) is 6.61 Å². The Kier molecular flexibility index (Phi) is 2.89. The highest BCUT2D eigenvalue weighted by Gasteiger charge is 2.23. The highest BCUT2D eigenvalue weighted by atomic mass is 16.5. The van der Waals surface area contributed by atoms with Gasteiger partial charge < -0.3 is 9.84 Å². The third kappa shape index (κ3) is 2.28. The zero-order valence-corrected chi connectivity index (χ0v) is 8.39. The van der Waals surface area contributed by atoms with Gasteiger partial charge >= 0.3 is 0 Å². The molecule has 1 aliphatic heterocycles. The van der Waals surface area contributed by atoms with Crippen molar-refractivity contribution in [3.63, 3.8) is 0 Å². The van der Waals surface area contributed by atoms with Gasteiger partial charge in [-0.1, -0.05) is 12.1 Å². The molecular formula is C12H13NO2. The Bertz CT molecular complexity index is 383. The van der Waals surface area contributed by atoms with E-state index in [0.717, 1.165) is 18.4 Å². The van der Waals surface area contributed by atoms with Crippen LogP contribution in [0.1, 0.15) is 24.5 Å². The second kappa shape index (κ2) is 4.33. The molecule has 0 aliphatic carbocycles. The monoisotopic (exact) mass is 203 g/mol. The summed E-state index contributed by atoms with van der Waals surface area (Å²) >= 11 is 0. The predicted molar refractivity (Wildman–Crippen MR) is 55.1 cm³/mol. The highest BCUT2D eigenvalue weighted by molar-refractivity contribution is 5.29. The van der Waals surface area contributed by atoms with E-state index in [9.17, 15) is 5.11 Å².